The van der Waals surface area contributed by atoms with Crippen molar-refractivity contribution in [1.29, 1.82) is 0 Å². The maximum atomic E-state index is 5.31. The molecule has 0 aliphatic heterocycles. The van der Waals surface area contributed by atoms with E-state index < -0.39 is 0 Å². The smallest absolute Gasteiger partial charge is 0.218 e. The van der Waals surface area contributed by atoms with Gasteiger partial charge >= 0.3 is 0 Å². The Hall–Kier alpha value is -2.17. The van der Waals surface area contributed by atoms with Crippen molar-refractivity contribution in [2.75, 3.05) is 11.9 Å². The average Bonchev–Trinajstić information content (AvgIpc) is 2.37. The number of hydrogen-bond acceptors (Lipinski definition) is 5. The van der Waals surface area contributed by atoms with Gasteiger partial charge in [0.25, 0.3) is 0 Å². The van der Waals surface area contributed by atoms with Crippen LogP contribution in [0.5, 0.6) is 5.88 Å². The molecular formula is C13H16N4O. The maximum Gasteiger partial charge on any atom is 0.218 e. The first kappa shape index (κ1) is 12.3. The maximum absolute atomic E-state index is 5.31. The molecule has 2 heterocycles. The minimum Gasteiger partial charge on any atom is -0.478 e. The lowest BCUT2D eigenvalue weighted by molar-refractivity contribution is 0.326. The number of ether oxygens (including phenoxy) is 1. The van der Waals surface area contributed by atoms with Gasteiger partial charge in [0.2, 0.25) is 5.88 Å². The zero-order valence-corrected chi connectivity index (χ0v) is 10.6. The third-order valence-corrected chi connectivity index (χ3v) is 2.33. The van der Waals surface area contributed by atoms with Crippen LogP contribution >= 0.6 is 0 Å². The molecule has 2 aromatic rings. The van der Waals surface area contributed by atoms with Crippen molar-refractivity contribution in [3.63, 3.8) is 0 Å². The van der Waals surface area contributed by atoms with Crippen LogP contribution in [0.15, 0.2) is 30.6 Å². The normalized spacial score (nSPS) is 10.1. The third-order valence-electron chi connectivity index (χ3n) is 2.33. The second-order valence-corrected chi connectivity index (χ2v) is 3.80. The zero-order valence-electron chi connectivity index (χ0n) is 10.6. The van der Waals surface area contributed by atoms with Gasteiger partial charge in [-0.3, -0.25) is 4.98 Å². The summed E-state index contributed by atoms with van der Waals surface area (Å²) in [4.78, 5) is 12.5. The summed E-state index contributed by atoms with van der Waals surface area (Å²) >= 11 is 0. The predicted octanol–water partition coefficient (Wildman–Crippen LogP) is 2.19. The van der Waals surface area contributed by atoms with Gasteiger partial charge < -0.3 is 10.1 Å². The Labute approximate surface area is 106 Å². The van der Waals surface area contributed by atoms with Crippen LogP contribution in [0.2, 0.25) is 0 Å². The fourth-order valence-corrected chi connectivity index (χ4v) is 1.54. The lowest BCUT2D eigenvalue weighted by Crippen LogP contribution is -2.04. The Morgan fingerprint density at radius 3 is 2.94 bits per heavy atom. The second kappa shape index (κ2) is 5.95. The number of nitrogens with zero attached hydrogens (tertiary/aromatic N) is 3. The summed E-state index contributed by atoms with van der Waals surface area (Å²) in [5, 5.41) is 3.19. The summed E-state index contributed by atoms with van der Waals surface area (Å²) in [5.74, 6) is 1.31. The van der Waals surface area contributed by atoms with Gasteiger partial charge in [-0.05, 0) is 26.0 Å². The predicted molar refractivity (Wildman–Crippen MR) is 69.5 cm³/mol. The molecule has 0 amide bonds. The quantitative estimate of drug-likeness (QED) is 0.873. The highest BCUT2D eigenvalue weighted by Gasteiger charge is 2.00. The van der Waals surface area contributed by atoms with E-state index in [4.69, 9.17) is 4.74 Å². The Kier molecular flexibility index (Phi) is 4.06. The molecule has 0 aromatic carbocycles. The highest BCUT2D eigenvalue weighted by molar-refractivity contribution is 5.37. The summed E-state index contributed by atoms with van der Waals surface area (Å²) in [6.07, 6.45) is 1.48. The Morgan fingerprint density at radius 2 is 2.17 bits per heavy atom. The van der Waals surface area contributed by atoms with E-state index in [1.807, 2.05) is 32.0 Å². The molecule has 0 aliphatic rings. The van der Waals surface area contributed by atoms with E-state index in [2.05, 4.69) is 20.3 Å². The molecular weight excluding hydrogens is 228 g/mol. The molecule has 2 aromatic heterocycles. The largest absolute Gasteiger partial charge is 0.478 e. The minimum atomic E-state index is 0.576. The van der Waals surface area contributed by atoms with E-state index in [0.29, 0.717) is 19.0 Å². The van der Waals surface area contributed by atoms with E-state index in [1.165, 1.54) is 6.33 Å². The van der Waals surface area contributed by atoms with Gasteiger partial charge in [-0.25, -0.2) is 9.97 Å². The van der Waals surface area contributed by atoms with Crippen LogP contribution in [-0.4, -0.2) is 21.6 Å². The molecule has 0 fully saturated rings. The topological polar surface area (TPSA) is 59.9 Å². The standard InChI is InChI=1S/C13H16N4O/c1-3-18-13-7-12(15-9-16-13)14-8-11-6-4-5-10(2)17-11/h4-7,9H,3,8H2,1-2H3,(H,14,15,16). The molecule has 0 bridgehead atoms. The van der Waals surface area contributed by atoms with E-state index in [-0.39, 0.29) is 0 Å². The molecule has 0 saturated heterocycles. The Morgan fingerprint density at radius 1 is 1.28 bits per heavy atom. The van der Waals surface area contributed by atoms with Gasteiger partial charge in [0.1, 0.15) is 12.1 Å². The summed E-state index contributed by atoms with van der Waals surface area (Å²) < 4.78 is 5.31. The van der Waals surface area contributed by atoms with E-state index in [1.54, 1.807) is 6.07 Å². The number of anilines is 1. The number of aromatic nitrogens is 3. The van der Waals surface area contributed by atoms with Crippen LogP contribution in [0, 0.1) is 6.92 Å². The minimum absolute atomic E-state index is 0.576. The van der Waals surface area contributed by atoms with Crippen LogP contribution in [0.1, 0.15) is 18.3 Å². The van der Waals surface area contributed by atoms with Gasteiger partial charge in [0.15, 0.2) is 0 Å². The first-order valence-electron chi connectivity index (χ1n) is 5.89. The molecule has 0 saturated carbocycles. The van der Waals surface area contributed by atoms with Gasteiger partial charge in [-0.2, -0.15) is 0 Å². The van der Waals surface area contributed by atoms with Gasteiger partial charge in [-0.15, -0.1) is 0 Å². The summed E-state index contributed by atoms with van der Waals surface area (Å²) in [6.45, 7) is 5.12. The average molecular weight is 244 g/mol. The van der Waals surface area contributed by atoms with Crippen molar-refractivity contribution in [2.45, 2.75) is 20.4 Å². The Balaban J connectivity index is 1.99. The molecule has 0 radical (unpaired) electrons. The molecule has 0 aliphatic carbocycles. The molecule has 0 spiro atoms. The monoisotopic (exact) mass is 244 g/mol. The van der Waals surface area contributed by atoms with Crippen molar-refractivity contribution in [1.82, 2.24) is 15.0 Å². The number of aryl methyl sites for hydroxylation is 1. The fourth-order valence-electron chi connectivity index (χ4n) is 1.54. The van der Waals surface area contributed by atoms with Crippen molar-refractivity contribution in [2.24, 2.45) is 0 Å². The van der Waals surface area contributed by atoms with Crippen molar-refractivity contribution >= 4 is 5.82 Å². The third kappa shape index (κ3) is 3.41. The highest BCUT2D eigenvalue weighted by atomic mass is 16.5. The van der Waals surface area contributed by atoms with E-state index in [9.17, 15) is 0 Å². The van der Waals surface area contributed by atoms with Crippen LogP contribution in [0.3, 0.4) is 0 Å². The van der Waals surface area contributed by atoms with Gasteiger partial charge in [0.05, 0.1) is 18.8 Å². The van der Waals surface area contributed by atoms with Crippen molar-refractivity contribution < 1.29 is 4.74 Å². The SMILES string of the molecule is CCOc1cc(NCc2cccc(C)n2)ncn1. The van der Waals surface area contributed by atoms with Gasteiger partial charge in [-0.1, -0.05) is 6.07 Å². The summed E-state index contributed by atoms with van der Waals surface area (Å²) in [6, 6.07) is 7.72. The van der Waals surface area contributed by atoms with Crippen molar-refractivity contribution in [3.8, 4) is 5.88 Å². The van der Waals surface area contributed by atoms with E-state index in [0.717, 1.165) is 17.2 Å². The summed E-state index contributed by atoms with van der Waals surface area (Å²) in [7, 11) is 0. The van der Waals surface area contributed by atoms with Crippen LogP contribution < -0.4 is 10.1 Å². The molecule has 94 valence electrons. The first-order valence-corrected chi connectivity index (χ1v) is 5.89. The second-order valence-electron chi connectivity index (χ2n) is 3.80. The first-order chi connectivity index (χ1) is 8.78. The van der Waals surface area contributed by atoms with Crippen LogP contribution in [0.4, 0.5) is 5.82 Å². The molecule has 5 heteroatoms. The zero-order chi connectivity index (χ0) is 12.8. The van der Waals surface area contributed by atoms with Crippen LogP contribution in [0.25, 0.3) is 0 Å². The van der Waals surface area contributed by atoms with E-state index >= 15 is 0 Å². The lowest BCUT2D eigenvalue weighted by Gasteiger charge is -2.07. The Bertz CT molecular complexity index is 516. The number of nitrogens with one attached hydrogen (secondary N) is 1. The highest BCUT2D eigenvalue weighted by Crippen LogP contribution is 2.11. The molecule has 5 nitrogen and oxygen atoms in total. The van der Waals surface area contributed by atoms with Crippen LogP contribution in [-0.2, 0) is 6.54 Å². The fraction of sp³-hybridized carbons (Fsp3) is 0.308. The molecule has 1 N–H and O–H groups in total. The number of hydrogen-bond donors (Lipinski definition) is 1. The molecule has 2 rings (SSSR count). The molecule has 18 heavy (non-hydrogen) atoms. The molecule has 0 unspecified atom stereocenters. The summed E-state index contributed by atoms with van der Waals surface area (Å²) in [5.41, 5.74) is 1.98. The number of pyridine rings is 1. The lowest BCUT2D eigenvalue weighted by atomic mass is 10.3. The number of rotatable bonds is 5. The molecule has 0 atom stereocenters. The van der Waals surface area contributed by atoms with Crippen molar-refractivity contribution in [3.05, 3.63) is 42.0 Å². The van der Waals surface area contributed by atoms with Gasteiger partial charge in [0, 0.05) is 11.8 Å².